The molecule has 1 aliphatic heterocycles. The van der Waals surface area contributed by atoms with Gasteiger partial charge in [0.1, 0.15) is 0 Å². The number of hydrogen-bond acceptors (Lipinski definition) is 3. The molecule has 1 atom stereocenters. The quantitative estimate of drug-likeness (QED) is 0.863. The van der Waals surface area contributed by atoms with E-state index in [9.17, 15) is 22.8 Å². The molecule has 1 heterocycles. The highest BCUT2D eigenvalue weighted by Gasteiger charge is 2.39. The van der Waals surface area contributed by atoms with Crippen LogP contribution in [0.2, 0.25) is 0 Å². The summed E-state index contributed by atoms with van der Waals surface area (Å²) in [5.74, 6) is -2.09. The number of carbonyl (C=O) groups excluding carboxylic acids is 2. The summed E-state index contributed by atoms with van der Waals surface area (Å²) in [6.07, 6.45) is -4.57. The number of anilines is 1. The van der Waals surface area contributed by atoms with Crippen LogP contribution in [0.4, 0.5) is 18.9 Å². The van der Waals surface area contributed by atoms with Gasteiger partial charge < -0.3 is 10.0 Å². The number of nitrogens with zero attached hydrogens (tertiary/aromatic N) is 1. The predicted octanol–water partition coefficient (Wildman–Crippen LogP) is 1.86. The molecule has 7 heteroatoms. The summed E-state index contributed by atoms with van der Waals surface area (Å²) in [4.78, 5) is 24.6. The van der Waals surface area contributed by atoms with Crippen LogP contribution in [-0.4, -0.2) is 29.9 Å². The zero-order valence-corrected chi connectivity index (χ0v) is 10.6. The molecule has 20 heavy (non-hydrogen) atoms. The number of benzene rings is 1. The van der Waals surface area contributed by atoms with Gasteiger partial charge in [0.15, 0.2) is 0 Å². The van der Waals surface area contributed by atoms with Crippen molar-refractivity contribution in [1.29, 1.82) is 0 Å². The van der Waals surface area contributed by atoms with Gasteiger partial charge >= 0.3 is 6.18 Å². The van der Waals surface area contributed by atoms with Crippen LogP contribution in [0.5, 0.6) is 0 Å². The lowest BCUT2D eigenvalue weighted by atomic mass is 10.1. The van der Waals surface area contributed by atoms with Gasteiger partial charge in [-0.1, -0.05) is 6.92 Å². The molecule has 1 aromatic carbocycles. The maximum Gasteiger partial charge on any atom is 0.416 e. The molecule has 108 valence electrons. The van der Waals surface area contributed by atoms with E-state index in [-0.39, 0.29) is 30.3 Å². The summed E-state index contributed by atoms with van der Waals surface area (Å²) in [6, 6.07) is 2.64. The van der Waals surface area contributed by atoms with Crippen molar-refractivity contribution in [3.63, 3.8) is 0 Å². The van der Waals surface area contributed by atoms with Crippen LogP contribution in [0.1, 0.15) is 22.8 Å². The zero-order chi connectivity index (χ0) is 15.1. The highest BCUT2D eigenvalue weighted by atomic mass is 19.4. The predicted molar refractivity (Wildman–Crippen MR) is 64.4 cm³/mol. The Balaban J connectivity index is 2.42. The van der Waals surface area contributed by atoms with Crippen LogP contribution in [0, 0.1) is 5.92 Å². The van der Waals surface area contributed by atoms with Gasteiger partial charge in [0.25, 0.3) is 11.7 Å². The first-order valence-corrected chi connectivity index (χ1v) is 5.94. The number of ketones is 1. The number of fused-ring (bicyclic) bond motifs is 1. The standard InChI is InChI=1S/C13H12F3NO3/c1-7(6-18)5-17-10-3-2-8(13(14,15)16)4-9(10)11(19)12(17)20/h2-4,7,18H,5-6H2,1H3. The lowest BCUT2D eigenvalue weighted by molar-refractivity contribution is -0.137. The maximum absolute atomic E-state index is 12.6. The molecule has 2 rings (SSSR count). The van der Waals surface area contributed by atoms with Gasteiger partial charge in [0, 0.05) is 13.2 Å². The van der Waals surface area contributed by atoms with Crippen LogP contribution >= 0.6 is 0 Å². The molecule has 0 aromatic heterocycles. The number of Topliss-reactive ketones (excluding diaryl/α,β-unsaturated/α-hetero) is 1. The van der Waals surface area contributed by atoms with E-state index < -0.39 is 23.4 Å². The van der Waals surface area contributed by atoms with Gasteiger partial charge in [-0.25, -0.2) is 0 Å². The first-order chi connectivity index (χ1) is 9.25. The smallest absolute Gasteiger partial charge is 0.396 e. The fourth-order valence-corrected chi connectivity index (χ4v) is 2.03. The molecule has 0 spiro atoms. The van der Waals surface area contributed by atoms with Gasteiger partial charge in [-0.05, 0) is 24.1 Å². The summed E-state index contributed by atoms with van der Waals surface area (Å²) in [7, 11) is 0. The molecule has 1 amide bonds. The maximum atomic E-state index is 12.6. The minimum Gasteiger partial charge on any atom is -0.396 e. The number of rotatable bonds is 3. The van der Waals surface area contributed by atoms with Crippen LogP contribution in [0.25, 0.3) is 0 Å². The molecule has 4 nitrogen and oxygen atoms in total. The highest BCUT2D eigenvalue weighted by molar-refractivity contribution is 6.52. The summed E-state index contributed by atoms with van der Waals surface area (Å²) >= 11 is 0. The fraction of sp³-hybridized carbons (Fsp3) is 0.385. The van der Waals surface area contributed by atoms with Crippen molar-refractivity contribution in [3.05, 3.63) is 29.3 Å². The van der Waals surface area contributed by atoms with Crippen molar-refractivity contribution in [2.75, 3.05) is 18.1 Å². The van der Waals surface area contributed by atoms with E-state index >= 15 is 0 Å². The first kappa shape index (κ1) is 14.5. The van der Waals surface area contributed by atoms with E-state index in [2.05, 4.69) is 0 Å². The van der Waals surface area contributed by atoms with Crippen LogP contribution in [0.3, 0.4) is 0 Å². The third-order valence-electron chi connectivity index (χ3n) is 3.10. The monoisotopic (exact) mass is 287 g/mol. The number of alkyl halides is 3. The molecular weight excluding hydrogens is 275 g/mol. The minimum atomic E-state index is -4.57. The van der Waals surface area contributed by atoms with Gasteiger partial charge in [0.2, 0.25) is 0 Å². The Morgan fingerprint density at radius 1 is 1.30 bits per heavy atom. The van der Waals surface area contributed by atoms with E-state index in [1.54, 1.807) is 6.92 Å². The third-order valence-corrected chi connectivity index (χ3v) is 3.10. The second kappa shape index (κ2) is 4.90. The molecule has 0 fully saturated rings. The average molecular weight is 287 g/mol. The lowest BCUT2D eigenvalue weighted by Gasteiger charge is -2.20. The van der Waals surface area contributed by atoms with E-state index in [1.165, 1.54) is 0 Å². The summed E-state index contributed by atoms with van der Waals surface area (Å²) in [6.45, 7) is 1.56. The van der Waals surface area contributed by atoms with E-state index in [0.717, 1.165) is 17.0 Å². The zero-order valence-electron chi connectivity index (χ0n) is 10.6. The number of aliphatic hydroxyl groups is 1. The number of halogens is 3. The molecule has 1 aromatic rings. The largest absolute Gasteiger partial charge is 0.416 e. The Hall–Kier alpha value is -1.89. The molecule has 0 radical (unpaired) electrons. The van der Waals surface area contributed by atoms with Gasteiger partial charge in [-0.15, -0.1) is 0 Å². The molecular formula is C13H12F3NO3. The number of amides is 1. The number of aliphatic hydroxyl groups excluding tert-OH is 1. The summed E-state index contributed by atoms with van der Waals surface area (Å²) in [5, 5.41) is 8.97. The van der Waals surface area contributed by atoms with Crippen molar-refractivity contribution in [3.8, 4) is 0 Å². The van der Waals surface area contributed by atoms with Crippen LogP contribution in [-0.2, 0) is 11.0 Å². The first-order valence-electron chi connectivity index (χ1n) is 5.94. The van der Waals surface area contributed by atoms with E-state index in [4.69, 9.17) is 5.11 Å². The molecule has 0 bridgehead atoms. The summed E-state index contributed by atoms with van der Waals surface area (Å²) in [5.41, 5.74) is -1.04. The fourth-order valence-electron chi connectivity index (χ4n) is 2.03. The Bertz CT molecular complexity index is 568. The lowest BCUT2D eigenvalue weighted by Crippen LogP contribution is -2.34. The molecule has 1 unspecified atom stereocenters. The number of carbonyl (C=O) groups is 2. The van der Waals surface area contributed by atoms with E-state index in [0.29, 0.717) is 6.07 Å². The SMILES string of the molecule is CC(CO)CN1C(=O)C(=O)c2cc(C(F)(F)F)ccc21. The van der Waals surface area contributed by atoms with Gasteiger partial charge in [-0.2, -0.15) is 13.2 Å². The summed E-state index contributed by atoms with van der Waals surface area (Å²) < 4.78 is 37.8. The second-order valence-electron chi connectivity index (χ2n) is 4.76. The number of hydrogen-bond donors (Lipinski definition) is 1. The van der Waals surface area contributed by atoms with Crippen LogP contribution < -0.4 is 4.90 Å². The molecule has 1 aliphatic rings. The van der Waals surface area contributed by atoms with Crippen molar-refractivity contribution in [2.24, 2.45) is 5.92 Å². The Labute approximate surface area is 112 Å². The Morgan fingerprint density at radius 2 is 1.95 bits per heavy atom. The second-order valence-corrected chi connectivity index (χ2v) is 4.76. The molecule has 1 N–H and O–H groups in total. The Morgan fingerprint density at radius 3 is 2.50 bits per heavy atom. The van der Waals surface area contributed by atoms with Gasteiger partial charge in [0.05, 0.1) is 16.8 Å². The van der Waals surface area contributed by atoms with Crippen molar-refractivity contribution in [1.82, 2.24) is 0 Å². The van der Waals surface area contributed by atoms with Crippen LogP contribution in [0.15, 0.2) is 18.2 Å². The normalized spacial score (nSPS) is 16.6. The Kier molecular flexibility index (Phi) is 3.56. The van der Waals surface area contributed by atoms with Gasteiger partial charge in [-0.3, -0.25) is 9.59 Å². The van der Waals surface area contributed by atoms with Crippen molar-refractivity contribution < 1.29 is 27.9 Å². The van der Waals surface area contributed by atoms with Crippen molar-refractivity contribution >= 4 is 17.4 Å². The molecule has 0 aliphatic carbocycles. The highest BCUT2D eigenvalue weighted by Crippen LogP contribution is 2.36. The molecule has 0 saturated carbocycles. The molecule has 0 saturated heterocycles. The van der Waals surface area contributed by atoms with E-state index in [1.807, 2.05) is 0 Å². The average Bonchev–Trinajstić information content (AvgIpc) is 2.62. The minimum absolute atomic E-state index is 0.0828. The van der Waals surface area contributed by atoms with Crippen molar-refractivity contribution in [2.45, 2.75) is 13.1 Å². The third kappa shape index (κ3) is 2.40. The topological polar surface area (TPSA) is 57.6 Å².